The van der Waals surface area contributed by atoms with Crippen LogP contribution in [0.4, 0.5) is 5.69 Å². The SMILES string of the molecule is CCOC(=O)COc1cc(Br)c(/C=C2\CN=C(Nc3ccccc3)S2)cc1OC. The zero-order valence-corrected chi connectivity index (χ0v) is 18.5. The van der Waals surface area contributed by atoms with Gasteiger partial charge in [0.15, 0.2) is 23.3 Å². The van der Waals surface area contributed by atoms with Crippen molar-refractivity contribution in [3.8, 4) is 11.5 Å². The maximum Gasteiger partial charge on any atom is 0.344 e. The maximum absolute atomic E-state index is 11.5. The van der Waals surface area contributed by atoms with E-state index in [1.807, 2.05) is 36.4 Å². The van der Waals surface area contributed by atoms with Gasteiger partial charge in [-0.25, -0.2) is 4.79 Å². The first-order chi connectivity index (χ1) is 14.1. The van der Waals surface area contributed by atoms with Crippen molar-refractivity contribution in [3.05, 3.63) is 57.4 Å². The molecule has 0 spiro atoms. The lowest BCUT2D eigenvalue weighted by molar-refractivity contribution is -0.145. The largest absolute Gasteiger partial charge is 0.493 e. The average Bonchev–Trinajstić information content (AvgIpc) is 3.15. The molecule has 1 N–H and O–H groups in total. The van der Waals surface area contributed by atoms with Crippen molar-refractivity contribution in [2.75, 3.05) is 32.2 Å². The number of para-hydroxylation sites is 1. The number of ether oxygens (including phenoxy) is 3. The number of nitrogens with zero attached hydrogens (tertiary/aromatic N) is 1. The van der Waals surface area contributed by atoms with Gasteiger partial charge in [-0.05, 0) is 42.8 Å². The van der Waals surface area contributed by atoms with Crippen LogP contribution in [0.25, 0.3) is 6.08 Å². The molecule has 2 aromatic rings. The fourth-order valence-electron chi connectivity index (χ4n) is 2.57. The predicted molar refractivity (Wildman–Crippen MR) is 121 cm³/mol. The number of halogens is 1. The molecule has 6 nitrogen and oxygen atoms in total. The summed E-state index contributed by atoms with van der Waals surface area (Å²) >= 11 is 5.16. The van der Waals surface area contributed by atoms with Crippen LogP contribution in [0.1, 0.15) is 12.5 Å². The van der Waals surface area contributed by atoms with Crippen LogP contribution in [-0.2, 0) is 9.53 Å². The minimum Gasteiger partial charge on any atom is -0.493 e. The lowest BCUT2D eigenvalue weighted by Gasteiger charge is -2.12. The Morgan fingerprint density at radius 3 is 2.79 bits per heavy atom. The van der Waals surface area contributed by atoms with Gasteiger partial charge in [-0.2, -0.15) is 0 Å². The summed E-state index contributed by atoms with van der Waals surface area (Å²) in [5.41, 5.74) is 1.94. The molecule has 29 heavy (non-hydrogen) atoms. The second-order valence-electron chi connectivity index (χ2n) is 5.94. The molecule has 0 radical (unpaired) electrons. The number of carbonyl (C=O) groups is 1. The maximum atomic E-state index is 11.5. The molecule has 0 aromatic heterocycles. The highest BCUT2D eigenvalue weighted by Gasteiger charge is 2.16. The van der Waals surface area contributed by atoms with E-state index in [0.717, 1.165) is 25.8 Å². The van der Waals surface area contributed by atoms with Gasteiger partial charge in [-0.15, -0.1) is 0 Å². The monoisotopic (exact) mass is 476 g/mol. The van der Waals surface area contributed by atoms with E-state index < -0.39 is 5.97 Å². The molecule has 1 aliphatic rings. The Hall–Kier alpha value is -2.45. The zero-order valence-electron chi connectivity index (χ0n) is 16.1. The molecule has 3 rings (SSSR count). The third-order valence-corrected chi connectivity index (χ3v) is 5.50. The molecular weight excluding hydrogens is 456 g/mol. The fourth-order valence-corrected chi connectivity index (χ4v) is 3.87. The molecule has 0 fully saturated rings. The number of thioether (sulfide) groups is 1. The van der Waals surface area contributed by atoms with Gasteiger partial charge in [0.1, 0.15) is 0 Å². The second-order valence-corrected chi connectivity index (χ2v) is 7.91. The number of carbonyl (C=O) groups excluding carboxylic acids is 1. The number of hydrogen-bond donors (Lipinski definition) is 1. The van der Waals surface area contributed by atoms with E-state index in [1.165, 1.54) is 0 Å². The van der Waals surface area contributed by atoms with Gasteiger partial charge in [0.2, 0.25) is 0 Å². The first-order valence-corrected chi connectivity index (χ1v) is 10.6. The molecular formula is C21H21BrN2O4S. The van der Waals surface area contributed by atoms with Crippen LogP contribution in [0.2, 0.25) is 0 Å². The summed E-state index contributed by atoms with van der Waals surface area (Å²) < 4.78 is 16.7. The summed E-state index contributed by atoms with van der Waals surface area (Å²) in [5.74, 6) is 0.585. The molecule has 0 saturated carbocycles. The van der Waals surface area contributed by atoms with Crippen molar-refractivity contribution in [1.82, 2.24) is 0 Å². The highest BCUT2D eigenvalue weighted by molar-refractivity contribution is 9.10. The number of benzene rings is 2. The third kappa shape index (κ3) is 6.01. The van der Waals surface area contributed by atoms with E-state index in [0.29, 0.717) is 24.7 Å². The number of nitrogens with one attached hydrogen (secondary N) is 1. The van der Waals surface area contributed by atoms with Crippen LogP contribution >= 0.6 is 27.7 Å². The normalized spacial score (nSPS) is 14.4. The van der Waals surface area contributed by atoms with Crippen LogP contribution < -0.4 is 14.8 Å². The Morgan fingerprint density at radius 2 is 2.07 bits per heavy atom. The summed E-state index contributed by atoms with van der Waals surface area (Å²) in [6.07, 6.45) is 2.05. The van der Waals surface area contributed by atoms with Crippen LogP contribution in [0.15, 0.2) is 56.8 Å². The van der Waals surface area contributed by atoms with Crippen molar-refractivity contribution in [3.63, 3.8) is 0 Å². The lowest BCUT2D eigenvalue weighted by atomic mass is 10.2. The van der Waals surface area contributed by atoms with Crippen LogP contribution in [-0.4, -0.2) is 38.0 Å². The zero-order chi connectivity index (χ0) is 20.6. The van der Waals surface area contributed by atoms with Gasteiger partial charge >= 0.3 is 5.97 Å². The predicted octanol–water partition coefficient (Wildman–Crippen LogP) is 4.96. The molecule has 8 heteroatoms. The summed E-state index contributed by atoms with van der Waals surface area (Å²) in [4.78, 5) is 17.2. The molecule has 2 aromatic carbocycles. The standard InChI is InChI=1S/C21H21BrN2O4S/c1-3-27-20(25)13-28-19-11-17(22)14(10-18(19)26-2)9-16-12-23-21(29-16)24-15-7-5-4-6-8-15/h4-11H,3,12-13H2,1-2H3,(H,23,24)/b16-9+. The van der Waals surface area contributed by atoms with Crippen molar-refractivity contribution in [2.45, 2.75) is 6.92 Å². The first kappa shape index (κ1) is 21.3. The summed E-state index contributed by atoms with van der Waals surface area (Å²) in [6, 6.07) is 13.6. The van der Waals surface area contributed by atoms with E-state index >= 15 is 0 Å². The summed E-state index contributed by atoms with van der Waals surface area (Å²) in [6.45, 7) is 2.50. The summed E-state index contributed by atoms with van der Waals surface area (Å²) in [7, 11) is 1.56. The molecule has 0 atom stereocenters. The topological polar surface area (TPSA) is 69.2 Å². The Kier molecular flexibility index (Phi) is 7.60. The number of methoxy groups -OCH3 is 1. The molecule has 0 saturated heterocycles. The third-order valence-electron chi connectivity index (χ3n) is 3.88. The van der Waals surface area contributed by atoms with Gasteiger partial charge in [-0.1, -0.05) is 45.9 Å². The highest BCUT2D eigenvalue weighted by Crippen LogP contribution is 2.36. The number of hydrogen-bond acceptors (Lipinski definition) is 7. The van der Waals surface area contributed by atoms with Crippen LogP contribution in [0, 0.1) is 0 Å². The molecule has 0 aliphatic carbocycles. The number of anilines is 1. The minimum atomic E-state index is -0.421. The minimum absolute atomic E-state index is 0.171. The van der Waals surface area contributed by atoms with E-state index in [4.69, 9.17) is 14.2 Å². The van der Waals surface area contributed by atoms with Crippen molar-refractivity contribution >= 4 is 50.6 Å². The second kappa shape index (κ2) is 10.4. The molecule has 1 heterocycles. The quantitative estimate of drug-likeness (QED) is 0.569. The summed E-state index contributed by atoms with van der Waals surface area (Å²) in [5, 5.41) is 4.17. The number of esters is 1. The van der Waals surface area contributed by atoms with Gasteiger partial charge in [0, 0.05) is 15.1 Å². The van der Waals surface area contributed by atoms with Gasteiger partial charge < -0.3 is 19.5 Å². The first-order valence-electron chi connectivity index (χ1n) is 9.00. The number of amidine groups is 1. The highest BCUT2D eigenvalue weighted by atomic mass is 79.9. The molecule has 0 unspecified atom stereocenters. The smallest absolute Gasteiger partial charge is 0.344 e. The van der Waals surface area contributed by atoms with Gasteiger partial charge in [0.25, 0.3) is 0 Å². The lowest BCUT2D eigenvalue weighted by Crippen LogP contribution is -2.15. The Balaban J connectivity index is 1.68. The number of rotatable bonds is 7. The molecule has 1 aliphatic heterocycles. The number of aliphatic imine (C=N–C) groups is 1. The van der Waals surface area contributed by atoms with Crippen LogP contribution in [0.3, 0.4) is 0 Å². The van der Waals surface area contributed by atoms with Crippen LogP contribution in [0.5, 0.6) is 11.5 Å². The average molecular weight is 477 g/mol. The van der Waals surface area contributed by atoms with Crippen molar-refractivity contribution in [1.29, 1.82) is 0 Å². The molecule has 0 bridgehead atoms. The fraction of sp³-hybridized carbons (Fsp3) is 0.238. The van der Waals surface area contributed by atoms with E-state index in [-0.39, 0.29) is 6.61 Å². The van der Waals surface area contributed by atoms with Crippen molar-refractivity contribution in [2.24, 2.45) is 4.99 Å². The molecule has 0 amide bonds. The van der Waals surface area contributed by atoms with E-state index in [9.17, 15) is 4.79 Å². The van der Waals surface area contributed by atoms with E-state index in [2.05, 4.69) is 32.3 Å². The Labute approximate surface area is 182 Å². The van der Waals surface area contributed by atoms with Crippen molar-refractivity contribution < 1.29 is 19.0 Å². The Morgan fingerprint density at radius 1 is 1.28 bits per heavy atom. The van der Waals surface area contributed by atoms with E-state index in [1.54, 1.807) is 31.9 Å². The van der Waals surface area contributed by atoms with Gasteiger partial charge in [-0.3, -0.25) is 4.99 Å². The molecule has 152 valence electrons. The van der Waals surface area contributed by atoms with Gasteiger partial charge in [0.05, 0.1) is 20.3 Å². The Bertz CT molecular complexity index is 932.